The van der Waals surface area contributed by atoms with E-state index in [1.54, 1.807) is 6.07 Å². The molecule has 0 saturated carbocycles. The molecule has 1 atom stereocenters. The summed E-state index contributed by atoms with van der Waals surface area (Å²) in [5, 5.41) is 8.78. The average molecular weight is 253 g/mol. The Bertz CT molecular complexity index is 420. The molecule has 1 rings (SSSR count). The average Bonchev–Trinajstić information content (AvgIpc) is 2.34. The molecule has 0 bridgehead atoms. The molecule has 0 aromatic heterocycles. The number of benzene rings is 1. The maximum Gasteiger partial charge on any atom is 0.338 e. The summed E-state index contributed by atoms with van der Waals surface area (Å²) in [4.78, 5) is 12.8. The molecule has 0 fully saturated rings. The maximum atomic E-state index is 13.6. The Morgan fingerprint density at radius 1 is 1.44 bits per heavy atom. The summed E-state index contributed by atoms with van der Waals surface area (Å²) >= 11 is 0. The van der Waals surface area contributed by atoms with E-state index >= 15 is 0 Å². The highest BCUT2D eigenvalue weighted by Gasteiger charge is 2.14. The molecule has 1 aromatic carbocycles. The van der Waals surface area contributed by atoms with Crippen molar-refractivity contribution in [3.8, 4) is 0 Å². The van der Waals surface area contributed by atoms with Gasteiger partial charge in [0.15, 0.2) is 0 Å². The van der Waals surface area contributed by atoms with E-state index in [9.17, 15) is 9.18 Å². The Morgan fingerprint density at radius 3 is 2.56 bits per heavy atom. The van der Waals surface area contributed by atoms with E-state index in [4.69, 9.17) is 5.11 Å². The fourth-order valence-corrected chi connectivity index (χ4v) is 1.80. The molecule has 100 valence electrons. The third kappa shape index (κ3) is 3.45. The van der Waals surface area contributed by atoms with Gasteiger partial charge in [0, 0.05) is 18.8 Å². The van der Waals surface area contributed by atoms with E-state index in [2.05, 4.69) is 18.7 Å². The van der Waals surface area contributed by atoms with Gasteiger partial charge in [-0.2, -0.15) is 0 Å². The van der Waals surface area contributed by atoms with Crippen LogP contribution in [0.5, 0.6) is 0 Å². The molecule has 1 unspecified atom stereocenters. The Kier molecular flexibility index (Phi) is 5.13. The molecule has 0 spiro atoms. The zero-order chi connectivity index (χ0) is 13.7. The lowest BCUT2D eigenvalue weighted by atomic mass is 10.1. The number of carbonyl (C=O) groups is 1. The molecule has 1 aromatic rings. The van der Waals surface area contributed by atoms with Gasteiger partial charge in [-0.1, -0.05) is 20.3 Å². The summed E-state index contributed by atoms with van der Waals surface area (Å²) < 4.78 is 13.6. The SMILES string of the molecule is CCC(C)CN(CC)c1ccc(C(=O)O)c(F)c1. The number of carboxylic acid groups (broad SMARTS) is 1. The van der Waals surface area contributed by atoms with Crippen molar-refractivity contribution in [1.29, 1.82) is 0 Å². The number of anilines is 1. The van der Waals surface area contributed by atoms with Crippen LogP contribution in [-0.4, -0.2) is 24.2 Å². The third-order valence-corrected chi connectivity index (χ3v) is 3.16. The smallest absolute Gasteiger partial charge is 0.338 e. The standard InChI is InChI=1S/C14H20FNO2/c1-4-10(3)9-16(5-2)11-6-7-12(14(17)18)13(15)8-11/h6-8,10H,4-5,9H2,1-3H3,(H,17,18). The Balaban J connectivity index is 2.94. The van der Waals surface area contributed by atoms with Crippen molar-refractivity contribution in [2.75, 3.05) is 18.0 Å². The maximum absolute atomic E-state index is 13.6. The lowest BCUT2D eigenvalue weighted by Crippen LogP contribution is -2.28. The number of hydrogen-bond donors (Lipinski definition) is 1. The number of halogens is 1. The van der Waals surface area contributed by atoms with Crippen molar-refractivity contribution in [3.63, 3.8) is 0 Å². The van der Waals surface area contributed by atoms with Gasteiger partial charge in [0.05, 0.1) is 5.56 Å². The van der Waals surface area contributed by atoms with Gasteiger partial charge in [0.2, 0.25) is 0 Å². The number of carboxylic acids is 1. The van der Waals surface area contributed by atoms with E-state index in [0.717, 1.165) is 25.2 Å². The number of nitrogens with zero attached hydrogens (tertiary/aromatic N) is 1. The van der Waals surface area contributed by atoms with Gasteiger partial charge < -0.3 is 10.0 Å². The lowest BCUT2D eigenvalue weighted by molar-refractivity contribution is 0.0692. The highest BCUT2D eigenvalue weighted by molar-refractivity contribution is 5.88. The molecule has 0 radical (unpaired) electrons. The molecule has 1 N–H and O–H groups in total. The zero-order valence-corrected chi connectivity index (χ0v) is 11.1. The highest BCUT2D eigenvalue weighted by Crippen LogP contribution is 2.20. The van der Waals surface area contributed by atoms with E-state index in [1.165, 1.54) is 12.1 Å². The first-order valence-electron chi connectivity index (χ1n) is 6.27. The molecular weight excluding hydrogens is 233 g/mol. The third-order valence-electron chi connectivity index (χ3n) is 3.16. The van der Waals surface area contributed by atoms with Gasteiger partial charge in [-0.05, 0) is 31.0 Å². The van der Waals surface area contributed by atoms with Crippen LogP contribution >= 0.6 is 0 Å². The molecule has 0 heterocycles. The Morgan fingerprint density at radius 2 is 2.11 bits per heavy atom. The van der Waals surface area contributed by atoms with Crippen LogP contribution in [0.3, 0.4) is 0 Å². The lowest BCUT2D eigenvalue weighted by Gasteiger charge is -2.26. The van der Waals surface area contributed by atoms with Gasteiger partial charge in [-0.3, -0.25) is 0 Å². The van der Waals surface area contributed by atoms with Crippen molar-refractivity contribution in [2.45, 2.75) is 27.2 Å². The molecule has 0 aliphatic rings. The summed E-state index contributed by atoms with van der Waals surface area (Å²) in [6.45, 7) is 7.89. The Hall–Kier alpha value is -1.58. The second-order valence-corrected chi connectivity index (χ2v) is 4.52. The number of hydrogen-bond acceptors (Lipinski definition) is 2. The summed E-state index contributed by atoms with van der Waals surface area (Å²) in [5.41, 5.74) is 0.457. The molecule has 0 aliphatic heterocycles. The topological polar surface area (TPSA) is 40.5 Å². The molecule has 18 heavy (non-hydrogen) atoms. The first-order chi connectivity index (χ1) is 8.49. The second kappa shape index (κ2) is 6.38. The van der Waals surface area contributed by atoms with Crippen molar-refractivity contribution in [3.05, 3.63) is 29.6 Å². The van der Waals surface area contributed by atoms with E-state index in [0.29, 0.717) is 5.92 Å². The molecule has 0 saturated heterocycles. The van der Waals surface area contributed by atoms with Gasteiger partial charge in [-0.15, -0.1) is 0 Å². The van der Waals surface area contributed by atoms with Crippen LogP contribution in [0.4, 0.5) is 10.1 Å². The van der Waals surface area contributed by atoms with E-state index < -0.39 is 11.8 Å². The van der Waals surface area contributed by atoms with Gasteiger partial charge in [-0.25, -0.2) is 9.18 Å². The molecular formula is C14H20FNO2. The van der Waals surface area contributed by atoms with Crippen LogP contribution in [0.2, 0.25) is 0 Å². The zero-order valence-electron chi connectivity index (χ0n) is 11.1. The van der Waals surface area contributed by atoms with Gasteiger partial charge in [0.25, 0.3) is 0 Å². The van der Waals surface area contributed by atoms with Crippen molar-refractivity contribution >= 4 is 11.7 Å². The van der Waals surface area contributed by atoms with Crippen LogP contribution in [0, 0.1) is 11.7 Å². The summed E-state index contributed by atoms with van der Waals surface area (Å²) in [6.07, 6.45) is 1.06. The number of aromatic carboxylic acids is 1. The molecule has 0 amide bonds. The van der Waals surface area contributed by atoms with Crippen molar-refractivity contribution < 1.29 is 14.3 Å². The van der Waals surface area contributed by atoms with Crippen LogP contribution < -0.4 is 4.90 Å². The fraction of sp³-hybridized carbons (Fsp3) is 0.500. The quantitative estimate of drug-likeness (QED) is 0.844. The summed E-state index contributed by atoms with van der Waals surface area (Å²) in [7, 11) is 0. The first kappa shape index (κ1) is 14.5. The van der Waals surface area contributed by atoms with Gasteiger partial charge in [0.1, 0.15) is 5.82 Å². The summed E-state index contributed by atoms with van der Waals surface area (Å²) in [6, 6.07) is 4.29. The Labute approximate surface area is 107 Å². The molecule has 4 heteroatoms. The minimum absolute atomic E-state index is 0.279. The minimum atomic E-state index is -1.23. The second-order valence-electron chi connectivity index (χ2n) is 4.52. The predicted molar refractivity (Wildman–Crippen MR) is 70.7 cm³/mol. The van der Waals surface area contributed by atoms with Crippen LogP contribution in [0.1, 0.15) is 37.6 Å². The normalized spacial score (nSPS) is 12.2. The van der Waals surface area contributed by atoms with Crippen LogP contribution in [0.25, 0.3) is 0 Å². The highest BCUT2D eigenvalue weighted by atomic mass is 19.1. The largest absolute Gasteiger partial charge is 0.478 e. The molecule has 3 nitrogen and oxygen atoms in total. The molecule has 0 aliphatic carbocycles. The monoisotopic (exact) mass is 253 g/mol. The van der Waals surface area contributed by atoms with Crippen LogP contribution in [-0.2, 0) is 0 Å². The first-order valence-corrected chi connectivity index (χ1v) is 6.27. The van der Waals surface area contributed by atoms with Crippen molar-refractivity contribution in [2.24, 2.45) is 5.92 Å². The van der Waals surface area contributed by atoms with E-state index in [1.807, 2.05) is 6.92 Å². The van der Waals surface area contributed by atoms with Crippen molar-refractivity contribution in [1.82, 2.24) is 0 Å². The predicted octanol–water partition coefficient (Wildman–Crippen LogP) is 3.40. The fourth-order valence-electron chi connectivity index (χ4n) is 1.80. The van der Waals surface area contributed by atoms with Gasteiger partial charge >= 0.3 is 5.97 Å². The van der Waals surface area contributed by atoms with E-state index in [-0.39, 0.29) is 5.56 Å². The summed E-state index contributed by atoms with van der Waals surface area (Å²) in [5.74, 6) is -1.39. The number of rotatable bonds is 6. The minimum Gasteiger partial charge on any atom is -0.478 e. The van der Waals surface area contributed by atoms with Crippen LogP contribution in [0.15, 0.2) is 18.2 Å².